The highest BCUT2D eigenvalue weighted by atomic mass is 31.2. The summed E-state index contributed by atoms with van der Waals surface area (Å²) in [6.45, 7) is 31.9. The van der Waals surface area contributed by atoms with Crippen LogP contribution >= 0.6 is 8.60 Å². The number of hydrogen-bond acceptors (Lipinski definition) is 3. The Morgan fingerprint density at radius 1 is 0.477 bits per heavy atom. The molecule has 0 unspecified atom stereocenters. The molecule has 0 aromatic heterocycles. The van der Waals surface area contributed by atoms with Crippen LogP contribution in [0.5, 0.6) is 17.2 Å². The van der Waals surface area contributed by atoms with Crippen molar-refractivity contribution in [3.8, 4) is 17.2 Å². The molecule has 0 atom stereocenters. The van der Waals surface area contributed by atoms with E-state index < -0.39 is 8.60 Å². The van der Waals surface area contributed by atoms with Gasteiger partial charge in [0.2, 0.25) is 0 Å². The van der Waals surface area contributed by atoms with Gasteiger partial charge in [0.05, 0.1) is 0 Å². The van der Waals surface area contributed by atoms with E-state index in [1.54, 1.807) is 0 Å². The van der Waals surface area contributed by atoms with Crippen LogP contribution in [-0.4, -0.2) is 0 Å². The van der Waals surface area contributed by atoms with Gasteiger partial charge in [0.1, 0.15) is 17.2 Å². The fourth-order valence-corrected chi connectivity index (χ4v) is 6.39. The van der Waals surface area contributed by atoms with Gasteiger partial charge < -0.3 is 13.6 Å². The first kappa shape index (κ1) is 36.0. The molecule has 0 aliphatic heterocycles. The van der Waals surface area contributed by atoms with Gasteiger partial charge in [-0.25, -0.2) is 0 Å². The molecule has 0 heterocycles. The fourth-order valence-electron chi connectivity index (χ4n) is 5.29. The third-order valence-electron chi connectivity index (χ3n) is 10.2. The minimum atomic E-state index is -1.88. The summed E-state index contributed by atoms with van der Waals surface area (Å²) in [6.07, 6.45) is 3.94. The Kier molecular flexibility index (Phi) is 11.3. The Morgan fingerprint density at radius 2 is 0.773 bits per heavy atom. The van der Waals surface area contributed by atoms with Crippen molar-refractivity contribution < 1.29 is 13.6 Å². The first-order chi connectivity index (χ1) is 20.4. The highest BCUT2D eigenvalue weighted by Crippen LogP contribution is 2.53. The van der Waals surface area contributed by atoms with Crippen molar-refractivity contribution in [2.24, 2.45) is 0 Å². The summed E-state index contributed by atoms with van der Waals surface area (Å²) in [5.74, 6) is 2.53. The van der Waals surface area contributed by atoms with Crippen LogP contribution in [0, 0.1) is 13.8 Å². The Labute approximate surface area is 271 Å². The predicted molar refractivity (Wildman–Crippen MR) is 191 cm³/mol. The Balaban J connectivity index is 2.35. The van der Waals surface area contributed by atoms with Crippen LogP contribution < -0.4 is 13.6 Å². The maximum absolute atomic E-state index is 7.17. The quantitative estimate of drug-likeness (QED) is 0.168. The highest BCUT2D eigenvalue weighted by Gasteiger charge is 2.37. The summed E-state index contributed by atoms with van der Waals surface area (Å²) in [5, 5.41) is 0. The van der Waals surface area contributed by atoms with E-state index in [0.717, 1.165) is 42.9 Å². The molecule has 3 aromatic carbocycles. The lowest BCUT2D eigenvalue weighted by molar-refractivity contribution is 0.357. The van der Waals surface area contributed by atoms with Crippen LogP contribution in [0.1, 0.15) is 142 Å². The van der Waals surface area contributed by atoms with Crippen molar-refractivity contribution in [2.75, 3.05) is 0 Å². The van der Waals surface area contributed by atoms with Crippen molar-refractivity contribution >= 4 is 8.60 Å². The maximum Gasteiger partial charge on any atom is 0.530 e. The Bertz CT molecular complexity index is 1240. The smallest absolute Gasteiger partial charge is 0.409 e. The first-order valence-electron chi connectivity index (χ1n) is 16.6. The van der Waals surface area contributed by atoms with Crippen molar-refractivity contribution in [3.63, 3.8) is 0 Å². The zero-order valence-corrected chi connectivity index (χ0v) is 31.1. The lowest BCUT2D eigenvalue weighted by atomic mass is 9.75. The molecule has 4 heteroatoms. The van der Waals surface area contributed by atoms with E-state index >= 15 is 0 Å². The number of hydrogen-bond donors (Lipinski definition) is 0. The minimum Gasteiger partial charge on any atom is -0.409 e. The summed E-state index contributed by atoms with van der Waals surface area (Å²) in [7, 11) is -1.88. The predicted octanol–water partition coefficient (Wildman–Crippen LogP) is 12.8. The second-order valence-electron chi connectivity index (χ2n) is 15.1. The fraction of sp³-hybridized carbons (Fsp3) is 0.550. The molecule has 44 heavy (non-hydrogen) atoms. The second-order valence-corrected chi connectivity index (χ2v) is 16.1. The maximum atomic E-state index is 7.17. The number of rotatable bonds is 14. The standard InChI is InChI=1S/C40H59O3P/c1-15-37(7,8)31-24-28(5)25-32(38(9,10)16-2)35(31)42-44(41-30-22-20-19-21-23-30)43-36-33(39(11,12)17-3)26-29(6)27-34(36)40(13,14)18-4/h19-27H,15-18H2,1-14H3. The molecule has 0 bridgehead atoms. The zero-order chi connectivity index (χ0) is 33.1. The van der Waals surface area contributed by atoms with Gasteiger partial charge in [-0.05, 0) is 73.3 Å². The molecule has 0 amide bonds. The van der Waals surface area contributed by atoms with Gasteiger partial charge in [0, 0.05) is 22.3 Å². The minimum absolute atomic E-state index is 0.0950. The summed E-state index contributed by atoms with van der Waals surface area (Å²) >= 11 is 0. The van der Waals surface area contributed by atoms with E-state index in [-0.39, 0.29) is 21.7 Å². The van der Waals surface area contributed by atoms with Gasteiger partial charge in [0.15, 0.2) is 0 Å². The monoisotopic (exact) mass is 618 g/mol. The highest BCUT2D eigenvalue weighted by molar-refractivity contribution is 7.43. The molecule has 0 N–H and O–H groups in total. The molecular weight excluding hydrogens is 559 g/mol. The second kappa shape index (κ2) is 13.9. The molecule has 3 aromatic rings. The van der Waals surface area contributed by atoms with Crippen molar-refractivity contribution in [3.05, 3.63) is 88.0 Å². The van der Waals surface area contributed by atoms with Crippen LogP contribution in [-0.2, 0) is 21.7 Å². The summed E-state index contributed by atoms with van der Waals surface area (Å²) in [4.78, 5) is 0. The van der Waals surface area contributed by atoms with Crippen molar-refractivity contribution in [1.29, 1.82) is 0 Å². The normalized spacial score (nSPS) is 12.9. The van der Waals surface area contributed by atoms with Crippen LogP contribution in [0.3, 0.4) is 0 Å². The first-order valence-corrected chi connectivity index (χ1v) is 17.7. The van der Waals surface area contributed by atoms with Crippen molar-refractivity contribution in [2.45, 2.75) is 144 Å². The molecule has 0 fully saturated rings. The Morgan fingerprint density at radius 3 is 1.05 bits per heavy atom. The molecule has 3 rings (SSSR count). The van der Waals surface area contributed by atoms with Gasteiger partial charge in [0.25, 0.3) is 0 Å². The van der Waals surface area contributed by atoms with Crippen LogP contribution in [0.25, 0.3) is 0 Å². The topological polar surface area (TPSA) is 27.7 Å². The molecule has 0 saturated heterocycles. The lowest BCUT2D eigenvalue weighted by Crippen LogP contribution is -2.24. The van der Waals surface area contributed by atoms with Gasteiger partial charge in [-0.1, -0.05) is 137 Å². The third kappa shape index (κ3) is 8.00. The summed E-state index contributed by atoms with van der Waals surface area (Å²) in [6, 6.07) is 19.1. The number of benzene rings is 3. The van der Waals surface area contributed by atoms with E-state index in [1.807, 2.05) is 30.3 Å². The zero-order valence-electron chi connectivity index (χ0n) is 30.2. The molecular formula is C40H59O3P. The van der Waals surface area contributed by atoms with Crippen molar-refractivity contribution in [1.82, 2.24) is 0 Å². The average Bonchev–Trinajstić information content (AvgIpc) is 2.98. The van der Waals surface area contributed by atoms with E-state index in [0.29, 0.717) is 0 Å². The summed E-state index contributed by atoms with van der Waals surface area (Å²) < 4.78 is 21.0. The molecule has 0 spiro atoms. The summed E-state index contributed by atoms with van der Waals surface area (Å²) in [5.41, 5.74) is 6.93. The Hall–Kier alpha value is -2.51. The third-order valence-corrected chi connectivity index (χ3v) is 11.2. The molecule has 0 aliphatic carbocycles. The SMILES string of the molecule is CCC(C)(C)c1cc(C)cc(C(C)(C)CC)c1OP(Oc1ccccc1)Oc1c(C(C)(C)CC)cc(C)cc1C(C)(C)CC. The lowest BCUT2D eigenvalue weighted by Gasteiger charge is -2.35. The van der Waals surface area contributed by atoms with Gasteiger partial charge in [-0.15, -0.1) is 0 Å². The molecule has 0 saturated carbocycles. The van der Waals surface area contributed by atoms with Gasteiger partial charge >= 0.3 is 8.60 Å². The van der Waals surface area contributed by atoms with Crippen LogP contribution in [0.4, 0.5) is 0 Å². The molecule has 0 aliphatic rings. The number of aryl methyl sites for hydroxylation is 2. The van der Waals surface area contributed by atoms with Gasteiger partial charge in [-0.3, -0.25) is 0 Å². The van der Waals surface area contributed by atoms with E-state index in [4.69, 9.17) is 13.6 Å². The van der Waals surface area contributed by atoms with Crippen LogP contribution in [0.2, 0.25) is 0 Å². The van der Waals surface area contributed by atoms with Gasteiger partial charge in [-0.2, -0.15) is 0 Å². The molecule has 3 nitrogen and oxygen atoms in total. The number of para-hydroxylation sites is 1. The van der Waals surface area contributed by atoms with Crippen LogP contribution in [0.15, 0.2) is 54.6 Å². The van der Waals surface area contributed by atoms with E-state index in [9.17, 15) is 0 Å². The molecule has 0 radical (unpaired) electrons. The van der Waals surface area contributed by atoms with E-state index in [2.05, 4.69) is 121 Å². The van der Waals surface area contributed by atoms with E-state index in [1.165, 1.54) is 33.4 Å². The average molecular weight is 619 g/mol. The molecule has 242 valence electrons. The largest absolute Gasteiger partial charge is 0.530 e.